The molecule has 0 aliphatic rings. The fourth-order valence-electron chi connectivity index (χ4n) is 2.04. The van der Waals surface area contributed by atoms with Gasteiger partial charge >= 0.3 is 0 Å². The number of methoxy groups -OCH3 is 1. The fraction of sp³-hybridized carbons (Fsp3) is 0.0556. The van der Waals surface area contributed by atoms with E-state index in [1.165, 1.54) is 11.3 Å². The minimum atomic E-state index is 0.223. The van der Waals surface area contributed by atoms with E-state index in [4.69, 9.17) is 16.3 Å². The van der Waals surface area contributed by atoms with Gasteiger partial charge in [-0.05, 0) is 36.4 Å². The van der Waals surface area contributed by atoms with E-state index in [0.29, 0.717) is 10.0 Å². The van der Waals surface area contributed by atoms with Crippen molar-refractivity contribution in [2.45, 2.75) is 0 Å². The second kappa shape index (κ2) is 7.79. The summed E-state index contributed by atoms with van der Waals surface area (Å²) < 4.78 is 5.10. The van der Waals surface area contributed by atoms with Crippen molar-refractivity contribution in [2.75, 3.05) is 12.5 Å². The molecule has 1 aromatic heterocycles. The molecule has 0 spiro atoms. The number of rotatable bonds is 5. The third kappa shape index (κ3) is 4.15. The molecule has 0 amide bonds. The van der Waals surface area contributed by atoms with E-state index >= 15 is 0 Å². The maximum Gasteiger partial charge on any atom is 0.196 e. The smallest absolute Gasteiger partial charge is 0.196 e. The lowest BCUT2D eigenvalue weighted by atomic mass is 10.2. The molecule has 0 aliphatic heterocycles. The zero-order chi connectivity index (χ0) is 17.6. The van der Waals surface area contributed by atoms with Gasteiger partial charge in [-0.25, -0.2) is 4.98 Å². The number of nitrogens with one attached hydrogen (secondary N) is 1. The molecule has 3 aromatic rings. The van der Waals surface area contributed by atoms with Gasteiger partial charge in [0.25, 0.3) is 0 Å². The van der Waals surface area contributed by atoms with Gasteiger partial charge < -0.3 is 4.74 Å². The maximum absolute atomic E-state index is 9.36. The van der Waals surface area contributed by atoms with Crippen LogP contribution < -0.4 is 10.2 Å². The molecule has 0 saturated carbocycles. The number of benzene rings is 2. The van der Waals surface area contributed by atoms with Crippen LogP contribution in [-0.4, -0.2) is 17.8 Å². The molecule has 0 unspecified atom stereocenters. The molecule has 25 heavy (non-hydrogen) atoms. The maximum atomic E-state index is 9.36. The second-order valence-electron chi connectivity index (χ2n) is 4.96. The molecule has 1 N–H and O–H groups in total. The zero-order valence-corrected chi connectivity index (χ0v) is 14.8. The van der Waals surface area contributed by atoms with Crippen molar-refractivity contribution in [3.63, 3.8) is 0 Å². The topological polar surface area (TPSA) is 70.3 Å². The van der Waals surface area contributed by atoms with Gasteiger partial charge in [0, 0.05) is 16.0 Å². The largest absolute Gasteiger partial charge is 0.497 e. The Morgan fingerprint density at radius 2 is 1.92 bits per heavy atom. The summed E-state index contributed by atoms with van der Waals surface area (Å²) in [5.41, 5.74) is 5.56. The third-order valence-corrected chi connectivity index (χ3v) is 4.44. The highest BCUT2D eigenvalue weighted by Gasteiger charge is 2.10. The Labute approximate surface area is 154 Å². The van der Waals surface area contributed by atoms with Crippen molar-refractivity contribution >= 4 is 34.3 Å². The Morgan fingerprint density at radius 1 is 1.20 bits per heavy atom. The monoisotopic (exact) mass is 368 g/mol. The Balaban J connectivity index is 1.78. The quantitative estimate of drug-likeness (QED) is 0.518. The normalized spacial score (nSPS) is 11.0. The van der Waals surface area contributed by atoms with Crippen molar-refractivity contribution in [1.82, 2.24) is 4.98 Å². The lowest BCUT2D eigenvalue weighted by Gasteiger charge is -2.02. The number of hydrogen-bond donors (Lipinski definition) is 1. The number of nitriles is 1. The van der Waals surface area contributed by atoms with Gasteiger partial charge in [-0.2, -0.15) is 10.4 Å². The van der Waals surface area contributed by atoms with Crippen LogP contribution in [0.4, 0.5) is 5.69 Å². The molecule has 0 atom stereocenters. The predicted octanol–water partition coefficient (Wildman–Crippen LogP) is 4.81. The summed E-state index contributed by atoms with van der Waals surface area (Å²) in [5, 5.41) is 16.6. The molecule has 7 heteroatoms. The van der Waals surface area contributed by atoms with Gasteiger partial charge in [0.1, 0.15) is 11.8 Å². The molecule has 0 fully saturated rings. The number of nitrogens with zero attached hydrogens (tertiary/aromatic N) is 3. The molecule has 1 heterocycles. The van der Waals surface area contributed by atoms with E-state index in [1.54, 1.807) is 19.2 Å². The highest BCUT2D eigenvalue weighted by molar-refractivity contribution is 7.12. The number of aromatic nitrogens is 1. The molecule has 124 valence electrons. The first-order valence-corrected chi connectivity index (χ1v) is 8.55. The predicted molar refractivity (Wildman–Crippen MR) is 101 cm³/mol. The first-order valence-electron chi connectivity index (χ1n) is 7.29. The van der Waals surface area contributed by atoms with Crippen LogP contribution in [0.5, 0.6) is 5.75 Å². The standard InChI is InChI=1S/C18H13ClN4OS/c1-24-15-8-6-14(7-9-15)22-23-16(10-20)18-21-17(11-25-18)12-2-4-13(19)5-3-12/h2-9,11,22H,1H3/b23-16+. The molecule has 5 nitrogen and oxygen atoms in total. The zero-order valence-electron chi connectivity index (χ0n) is 13.2. The van der Waals surface area contributed by atoms with Crippen molar-refractivity contribution < 1.29 is 4.74 Å². The Bertz CT molecular complexity index is 927. The first kappa shape index (κ1) is 17.0. The van der Waals surface area contributed by atoms with E-state index in [1.807, 2.05) is 41.8 Å². The minimum absolute atomic E-state index is 0.223. The number of ether oxygens (including phenoxy) is 1. The van der Waals surface area contributed by atoms with Crippen LogP contribution in [-0.2, 0) is 0 Å². The summed E-state index contributed by atoms with van der Waals surface area (Å²) in [5.74, 6) is 0.752. The summed E-state index contributed by atoms with van der Waals surface area (Å²) in [6.07, 6.45) is 0. The van der Waals surface area contributed by atoms with E-state index in [9.17, 15) is 5.26 Å². The fourth-order valence-corrected chi connectivity index (χ4v) is 2.93. The molecule has 0 radical (unpaired) electrons. The number of hydrogen-bond acceptors (Lipinski definition) is 6. The highest BCUT2D eigenvalue weighted by Crippen LogP contribution is 2.24. The van der Waals surface area contributed by atoms with E-state index in [0.717, 1.165) is 22.7 Å². The van der Waals surface area contributed by atoms with Crippen LogP contribution in [0.1, 0.15) is 5.01 Å². The minimum Gasteiger partial charge on any atom is -0.497 e. The molecule has 0 bridgehead atoms. The van der Waals surface area contributed by atoms with Crippen molar-refractivity contribution in [2.24, 2.45) is 5.10 Å². The second-order valence-corrected chi connectivity index (χ2v) is 6.25. The van der Waals surface area contributed by atoms with Gasteiger partial charge in [-0.15, -0.1) is 11.3 Å². The van der Waals surface area contributed by atoms with Crippen LogP contribution in [0, 0.1) is 11.3 Å². The summed E-state index contributed by atoms with van der Waals surface area (Å²) in [6.45, 7) is 0. The van der Waals surface area contributed by atoms with E-state index in [2.05, 4.69) is 21.6 Å². The summed E-state index contributed by atoms with van der Waals surface area (Å²) in [4.78, 5) is 4.48. The molecular formula is C18H13ClN4OS. The summed E-state index contributed by atoms with van der Waals surface area (Å²) >= 11 is 7.26. The van der Waals surface area contributed by atoms with Gasteiger partial charge in [0.2, 0.25) is 0 Å². The molecule has 0 aliphatic carbocycles. The van der Waals surface area contributed by atoms with Crippen LogP contribution >= 0.6 is 22.9 Å². The Morgan fingerprint density at radius 3 is 2.56 bits per heavy atom. The summed E-state index contributed by atoms with van der Waals surface area (Å²) in [7, 11) is 1.61. The SMILES string of the molecule is COc1ccc(N/N=C(\C#N)c2nc(-c3ccc(Cl)cc3)cs2)cc1. The van der Waals surface area contributed by atoms with E-state index in [-0.39, 0.29) is 5.71 Å². The lowest BCUT2D eigenvalue weighted by Crippen LogP contribution is -2.01. The van der Waals surface area contributed by atoms with Crippen LogP contribution in [0.2, 0.25) is 5.02 Å². The Hall–Kier alpha value is -2.88. The average Bonchev–Trinajstić information content (AvgIpc) is 3.13. The average molecular weight is 369 g/mol. The molecule has 3 rings (SSSR count). The van der Waals surface area contributed by atoms with Gasteiger partial charge in [-0.1, -0.05) is 23.7 Å². The van der Waals surface area contributed by atoms with Crippen LogP contribution in [0.15, 0.2) is 59.0 Å². The number of halogens is 1. The molecule has 0 saturated heterocycles. The summed E-state index contributed by atoms with van der Waals surface area (Å²) in [6, 6.07) is 16.7. The van der Waals surface area contributed by atoms with Crippen molar-refractivity contribution in [1.29, 1.82) is 5.26 Å². The van der Waals surface area contributed by atoms with E-state index < -0.39 is 0 Å². The number of thiazole rings is 1. The van der Waals surface area contributed by atoms with Crippen molar-refractivity contribution in [3.8, 4) is 23.1 Å². The van der Waals surface area contributed by atoms with Gasteiger partial charge in [0.05, 0.1) is 18.5 Å². The number of hydrazone groups is 1. The van der Waals surface area contributed by atoms with Crippen LogP contribution in [0.25, 0.3) is 11.3 Å². The van der Waals surface area contributed by atoms with Gasteiger partial charge in [-0.3, -0.25) is 5.43 Å². The molecule has 2 aromatic carbocycles. The van der Waals surface area contributed by atoms with Crippen molar-refractivity contribution in [3.05, 3.63) is 63.9 Å². The number of anilines is 1. The van der Waals surface area contributed by atoms with Crippen LogP contribution in [0.3, 0.4) is 0 Å². The Kier molecular flexibility index (Phi) is 5.29. The van der Waals surface area contributed by atoms with Gasteiger partial charge in [0.15, 0.2) is 10.7 Å². The lowest BCUT2D eigenvalue weighted by molar-refractivity contribution is 0.415. The first-order chi connectivity index (χ1) is 12.2. The molecular weight excluding hydrogens is 356 g/mol. The highest BCUT2D eigenvalue weighted by atomic mass is 35.5. The third-order valence-electron chi connectivity index (χ3n) is 3.34.